The van der Waals surface area contributed by atoms with Crippen molar-refractivity contribution in [3.8, 4) is 0 Å². The first-order valence-electron chi connectivity index (χ1n) is 12.9. The minimum absolute atomic E-state index is 0.0379. The minimum Gasteiger partial charge on any atom is -0.478 e. The van der Waals surface area contributed by atoms with E-state index in [9.17, 15) is 14.7 Å². The molecule has 5 rings (SSSR count). The minimum atomic E-state index is -1.50. The fourth-order valence-corrected chi connectivity index (χ4v) is 6.16. The van der Waals surface area contributed by atoms with Gasteiger partial charge in [-0.15, -0.1) is 0 Å². The Morgan fingerprint density at radius 3 is 1.91 bits per heavy atom. The largest absolute Gasteiger partial charge is 0.478 e. The van der Waals surface area contributed by atoms with Gasteiger partial charge in [-0.05, 0) is 50.4 Å². The highest BCUT2D eigenvalue weighted by molar-refractivity contribution is 5.87. The molecule has 2 aromatic carbocycles. The Morgan fingerprint density at radius 2 is 1.40 bits per heavy atom. The second-order valence-electron chi connectivity index (χ2n) is 10.3. The average Bonchev–Trinajstić information content (AvgIpc) is 3.41. The zero-order valence-corrected chi connectivity index (χ0v) is 20.5. The summed E-state index contributed by atoms with van der Waals surface area (Å²) in [5, 5.41) is 20.0. The van der Waals surface area contributed by atoms with Crippen LogP contribution in [0, 0.1) is 17.8 Å². The number of hydrogen-bond acceptors (Lipinski definition) is 5. The standard InChI is InChI=1S/C22H31NO3.C7H6O2/c1-23-14-16-8-7-9-17(15-23)20(16)26-21(24)22(25,19-12-5-6-13-19)18-10-3-2-4-11-18;8-7(9)6-4-2-1-3-5-6/h2-4,10-11,16-17,19-20,25H,5-9,12-15H2,1H3;1-5H,(H,8,9)/t16?,17?,20?,22-;/m0./s1. The Bertz CT molecular complexity index is 961. The summed E-state index contributed by atoms with van der Waals surface area (Å²) in [6.07, 6.45) is 7.35. The number of fused-ring (bicyclic) bond motifs is 2. The fourth-order valence-electron chi connectivity index (χ4n) is 6.16. The second kappa shape index (κ2) is 11.4. The van der Waals surface area contributed by atoms with Gasteiger partial charge in [-0.3, -0.25) is 0 Å². The third-order valence-electron chi connectivity index (χ3n) is 7.91. The number of likely N-dealkylation sites (tertiary alicyclic amines) is 1. The van der Waals surface area contributed by atoms with Gasteiger partial charge in [-0.2, -0.15) is 0 Å². The molecule has 0 spiro atoms. The fraction of sp³-hybridized carbons (Fsp3) is 0.517. The van der Waals surface area contributed by atoms with Crippen LogP contribution < -0.4 is 0 Å². The maximum atomic E-state index is 13.3. The molecule has 1 saturated heterocycles. The SMILES string of the molecule is CN1CC2CCCC(C1)C2OC(=O)[C@](O)(c1ccccc1)C1CCCC1.O=C(O)c1ccccc1. The van der Waals surface area contributed by atoms with Crippen molar-refractivity contribution in [2.45, 2.75) is 56.7 Å². The number of esters is 1. The molecule has 2 unspecified atom stereocenters. The monoisotopic (exact) mass is 479 g/mol. The molecule has 0 radical (unpaired) electrons. The van der Waals surface area contributed by atoms with Gasteiger partial charge in [0.25, 0.3) is 0 Å². The predicted molar refractivity (Wildman–Crippen MR) is 134 cm³/mol. The van der Waals surface area contributed by atoms with E-state index in [-0.39, 0.29) is 12.0 Å². The van der Waals surface area contributed by atoms with Crippen LogP contribution in [0.5, 0.6) is 0 Å². The van der Waals surface area contributed by atoms with E-state index in [1.807, 2.05) is 30.3 Å². The summed E-state index contributed by atoms with van der Waals surface area (Å²) in [6, 6.07) is 17.7. The number of nitrogens with zero attached hydrogens (tertiary/aromatic N) is 1. The van der Waals surface area contributed by atoms with Gasteiger partial charge in [0.2, 0.25) is 0 Å². The van der Waals surface area contributed by atoms with Gasteiger partial charge in [0.15, 0.2) is 5.60 Å². The molecule has 3 fully saturated rings. The molecule has 1 heterocycles. The summed E-state index contributed by atoms with van der Waals surface area (Å²) in [5.74, 6) is -0.527. The van der Waals surface area contributed by atoms with Crippen molar-refractivity contribution in [2.24, 2.45) is 17.8 Å². The molecule has 0 amide bonds. The molecular formula is C29H37NO5. The molecule has 3 atom stereocenters. The Hall–Kier alpha value is -2.70. The first-order chi connectivity index (χ1) is 16.9. The van der Waals surface area contributed by atoms with E-state index >= 15 is 0 Å². The Labute approximate surface area is 207 Å². The van der Waals surface area contributed by atoms with Crippen molar-refractivity contribution in [2.75, 3.05) is 20.1 Å². The van der Waals surface area contributed by atoms with Gasteiger partial charge in [-0.1, -0.05) is 67.8 Å². The number of carbonyl (C=O) groups is 2. The number of ether oxygens (including phenoxy) is 1. The van der Waals surface area contributed by atoms with Gasteiger partial charge >= 0.3 is 11.9 Å². The number of benzene rings is 2. The molecule has 188 valence electrons. The van der Waals surface area contributed by atoms with E-state index in [2.05, 4.69) is 11.9 Å². The summed E-state index contributed by atoms with van der Waals surface area (Å²) >= 11 is 0. The molecule has 2 saturated carbocycles. The van der Waals surface area contributed by atoms with Crippen molar-refractivity contribution in [3.05, 3.63) is 71.8 Å². The smallest absolute Gasteiger partial charge is 0.343 e. The zero-order chi connectivity index (χ0) is 24.8. The number of piperidine rings is 1. The lowest BCUT2D eigenvalue weighted by Crippen LogP contribution is -2.54. The number of aromatic carboxylic acids is 1. The maximum absolute atomic E-state index is 13.3. The number of hydrogen-bond donors (Lipinski definition) is 2. The Kier molecular flexibility index (Phi) is 8.24. The van der Waals surface area contributed by atoms with Crippen LogP contribution in [0.3, 0.4) is 0 Å². The van der Waals surface area contributed by atoms with Gasteiger partial charge in [-0.25, -0.2) is 9.59 Å². The normalized spacial score (nSPS) is 26.2. The summed E-state index contributed by atoms with van der Waals surface area (Å²) < 4.78 is 6.12. The van der Waals surface area contributed by atoms with Crippen LogP contribution in [0.1, 0.15) is 60.9 Å². The lowest BCUT2D eigenvalue weighted by Gasteiger charge is -2.46. The maximum Gasteiger partial charge on any atom is 0.343 e. The van der Waals surface area contributed by atoms with Crippen LogP contribution in [0.15, 0.2) is 60.7 Å². The van der Waals surface area contributed by atoms with Crippen LogP contribution in [0.4, 0.5) is 0 Å². The number of carbonyl (C=O) groups excluding carboxylic acids is 1. The van der Waals surface area contributed by atoms with Crippen molar-refractivity contribution in [1.82, 2.24) is 4.90 Å². The van der Waals surface area contributed by atoms with Crippen LogP contribution in [-0.4, -0.2) is 53.3 Å². The van der Waals surface area contributed by atoms with Gasteiger partial charge in [0, 0.05) is 30.8 Å². The molecule has 2 N–H and O–H groups in total. The van der Waals surface area contributed by atoms with Crippen molar-refractivity contribution < 1.29 is 24.5 Å². The molecule has 6 heteroatoms. The van der Waals surface area contributed by atoms with Crippen molar-refractivity contribution in [1.29, 1.82) is 0 Å². The molecule has 35 heavy (non-hydrogen) atoms. The quantitative estimate of drug-likeness (QED) is 0.604. The molecule has 0 aromatic heterocycles. The van der Waals surface area contributed by atoms with E-state index in [4.69, 9.17) is 9.84 Å². The molecule has 2 bridgehead atoms. The lowest BCUT2D eigenvalue weighted by molar-refractivity contribution is -0.191. The Morgan fingerprint density at radius 1 is 0.857 bits per heavy atom. The highest BCUT2D eigenvalue weighted by Crippen LogP contribution is 2.43. The topological polar surface area (TPSA) is 87.1 Å². The average molecular weight is 480 g/mol. The summed E-state index contributed by atoms with van der Waals surface area (Å²) in [4.78, 5) is 25.9. The summed E-state index contributed by atoms with van der Waals surface area (Å²) in [5.41, 5.74) is -0.484. The third kappa shape index (κ3) is 5.76. The van der Waals surface area contributed by atoms with Crippen LogP contribution in [0.2, 0.25) is 0 Å². The zero-order valence-electron chi connectivity index (χ0n) is 20.5. The summed E-state index contributed by atoms with van der Waals surface area (Å²) in [6.45, 7) is 1.98. The number of rotatable bonds is 5. The molecule has 6 nitrogen and oxygen atoms in total. The van der Waals surface area contributed by atoms with Crippen molar-refractivity contribution in [3.63, 3.8) is 0 Å². The molecule has 2 aromatic rings. The third-order valence-corrected chi connectivity index (χ3v) is 7.91. The number of aliphatic hydroxyl groups is 1. The van der Waals surface area contributed by atoms with E-state index < -0.39 is 17.5 Å². The van der Waals surface area contributed by atoms with E-state index in [0.717, 1.165) is 51.6 Å². The first-order valence-corrected chi connectivity index (χ1v) is 12.9. The van der Waals surface area contributed by atoms with Gasteiger partial charge in [0.05, 0.1) is 5.56 Å². The van der Waals surface area contributed by atoms with Crippen molar-refractivity contribution >= 4 is 11.9 Å². The number of carboxylic acids is 1. The molecule has 3 aliphatic rings. The van der Waals surface area contributed by atoms with E-state index in [1.54, 1.807) is 30.3 Å². The first kappa shape index (κ1) is 25.4. The predicted octanol–water partition coefficient (Wildman–Crippen LogP) is 4.72. The molecule has 1 aliphatic heterocycles. The van der Waals surface area contributed by atoms with Crippen LogP contribution in [0.25, 0.3) is 0 Å². The highest BCUT2D eigenvalue weighted by Gasteiger charge is 2.50. The highest BCUT2D eigenvalue weighted by atomic mass is 16.6. The van der Waals surface area contributed by atoms with Crippen LogP contribution in [-0.2, 0) is 15.1 Å². The molecule has 2 aliphatic carbocycles. The summed E-state index contributed by atoms with van der Waals surface area (Å²) in [7, 11) is 2.15. The van der Waals surface area contributed by atoms with Gasteiger partial charge in [0.1, 0.15) is 6.10 Å². The van der Waals surface area contributed by atoms with E-state index in [1.165, 1.54) is 6.42 Å². The molecular weight excluding hydrogens is 442 g/mol. The van der Waals surface area contributed by atoms with Crippen LogP contribution >= 0.6 is 0 Å². The number of carboxylic acid groups (broad SMARTS) is 1. The Balaban J connectivity index is 0.000000271. The lowest BCUT2D eigenvalue weighted by atomic mass is 9.75. The second-order valence-corrected chi connectivity index (χ2v) is 10.3. The van der Waals surface area contributed by atoms with E-state index in [0.29, 0.717) is 23.0 Å². The van der Waals surface area contributed by atoms with Gasteiger partial charge < -0.3 is 19.8 Å².